The number of rotatable bonds is 5. The molecule has 4 aliphatic rings. The summed E-state index contributed by atoms with van der Waals surface area (Å²) in [5, 5.41) is 47.0. The number of hydrogen-bond acceptors (Lipinski definition) is 10. The van der Waals surface area contributed by atoms with E-state index in [-0.39, 0.29) is 38.4 Å². The van der Waals surface area contributed by atoms with Crippen LogP contribution in [0, 0.1) is 0 Å². The largest absolute Gasteiger partial charge is 0.504 e. The molecule has 208 valence electrons. The van der Waals surface area contributed by atoms with Crippen LogP contribution in [0.1, 0.15) is 34.7 Å². The van der Waals surface area contributed by atoms with Crippen molar-refractivity contribution in [2.45, 2.75) is 56.5 Å². The Morgan fingerprint density at radius 3 is 2.68 bits per heavy atom. The molecule has 0 aromatic heterocycles. The Labute approximate surface area is 220 Å². The molecule has 11 heteroatoms. The van der Waals surface area contributed by atoms with Gasteiger partial charge in [-0.1, -0.05) is 6.07 Å². The van der Waals surface area contributed by atoms with Crippen molar-refractivity contribution < 1.29 is 53.7 Å². The molecule has 0 radical (unpaired) electrons. The molecule has 4 heterocycles. The highest BCUT2D eigenvalue weighted by atomic mass is 16.8. The molecule has 1 saturated heterocycles. The van der Waals surface area contributed by atoms with E-state index in [1.807, 2.05) is 12.1 Å². The fraction of sp³-hybridized carbons (Fsp3) is 0.556. The summed E-state index contributed by atoms with van der Waals surface area (Å²) < 4.78 is 28.8. The normalized spacial score (nSPS) is 30.8. The van der Waals surface area contributed by atoms with Crippen molar-refractivity contribution in [2.24, 2.45) is 0 Å². The van der Waals surface area contributed by atoms with Gasteiger partial charge in [0.1, 0.15) is 24.8 Å². The van der Waals surface area contributed by atoms with Crippen molar-refractivity contribution in [1.29, 1.82) is 0 Å². The van der Waals surface area contributed by atoms with Crippen LogP contribution in [0.5, 0.6) is 23.0 Å². The zero-order valence-corrected chi connectivity index (χ0v) is 21.6. The number of likely N-dealkylation sites (N-methyl/N-ethyl adjacent to an activating group) is 1. The van der Waals surface area contributed by atoms with Crippen LogP contribution < -0.4 is 14.2 Å². The Hall–Kier alpha value is -2.64. The van der Waals surface area contributed by atoms with Gasteiger partial charge in [-0.15, -0.1) is 0 Å². The molecule has 2 aromatic carbocycles. The molecule has 5 N–H and O–H groups in total. The molecule has 4 aliphatic heterocycles. The van der Waals surface area contributed by atoms with E-state index in [0.29, 0.717) is 5.75 Å². The molecule has 1 fully saturated rings. The molecule has 3 unspecified atom stereocenters. The number of phenolic OH excluding ortho intramolecular Hbond substituents is 1. The summed E-state index contributed by atoms with van der Waals surface area (Å²) >= 11 is 0. The van der Waals surface area contributed by atoms with E-state index >= 15 is 0 Å². The molecule has 0 spiro atoms. The lowest BCUT2D eigenvalue weighted by Gasteiger charge is -2.49. The summed E-state index contributed by atoms with van der Waals surface area (Å²) in [6.07, 6.45) is -2.18. The van der Waals surface area contributed by atoms with E-state index in [1.165, 1.54) is 11.1 Å². The minimum absolute atomic E-state index is 0.0241. The number of quaternary nitrogens is 1. The third-order valence-electron chi connectivity index (χ3n) is 8.06. The molecule has 0 amide bonds. The number of ether oxygens (including phenoxy) is 5. The summed E-state index contributed by atoms with van der Waals surface area (Å²) in [6.45, 7) is 1.39. The van der Waals surface area contributed by atoms with Gasteiger partial charge in [-0.05, 0) is 29.3 Å². The minimum atomic E-state index is -1.05. The Morgan fingerprint density at radius 1 is 1.08 bits per heavy atom. The second kappa shape index (κ2) is 10.9. The Bertz CT molecular complexity index is 1160. The van der Waals surface area contributed by atoms with Crippen LogP contribution in [0.3, 0.4) is 0 Å². The lowest BCUT2D eigenvalue weighted by Crippen LogP contribution is -2.53. The van der Waals surface area contributed by atoms with Crippen LogP contribution in [-0.4, -0.2) is 95.5 Å². The van der Waals surface area contributed by atoms with Crippen molar-refractivity contribution in [3.05, 3.63) is 46.5 Å². The highest BCUT2D eigenvalue weighted by Crippen LogP contribution is 2.49. The van der Waals surface area contributed by atoms with Gasteiger partial charge in [-0.25, -0.2) is 0 Å². The maximum Gasteiger partial charge on any atom is 0.231 e. The van der Waals surface area contributed by atoms with E-state index < -0.39 is 24.6 Å². The summed E-state index contributed by atoms with van der Waals surface area (Å²) in [6, 6.07) is 7.96. The van der Waals surface area contributed by atoms with Crippen LogP contribution in [0.25, 0.3) is 0 Å². The maximum absolute atomic E-state index is 10.8. The first-order chi connectivity index (χ1) is 18.4. The van der Waals surface area contributed by atoms with Gasteiger partial charge in [-0.2, -0.15) is 0 Å². The minimum Gasteiger partial charge on any atom is -0.504 e. The van der Waals surface area contributed by atoms with Gasteiger partial charge in [0.05, 0.1) is 31.9 Å². The average Bonchev–Trinajstić information content (AvgIpc) is 3.40. The molecule has 6 rings (SSSR count). The molecular formula is C27H36NO10+. The molecule has 38 heavy (non-hydrogen) atoms. The number of aliphatic hydroxyl groups excluding tert-OH is 4. The average molecular weight is 535 g/mol. The van der Waals surface area contributed by atoms with E-state index in [4.69, 9.17) is 28.8 Å². The second-order valence-electron chi connectivity index (χ2n) is 10.3. The van der Waals surface area contributed by atoms with Crippen molar-refractivity contribution in [3.8, 4) is 23.0 Å². The quantitative estimate of drug-likeness (QED) is 0.274. The zero-order chi connectivity index (χ0) is 27.0. The first-order valence-corrected chi connectivity index (χ1v) is 12.8. The lowest BCUT2D eigenvalue weighted by molar-refractivity contribution is -0.956. The smallest absolute Gasteiger partial charge is 0.231 e. The highest BCUT2D eigenvalue weighted by Gasteiger charge is 2.45. The Kier molecular flexibility index (Phi) is 7.70. The standard InChI is InChI=1S/C26H31NO9.CH4O/c1-27-5-4-15-7-23(33-13-35-26-21(31)9-20(30)24(11-28)36-26)19(29)8-16(15)18(27)6-14-2-3-22-25(17(14)10-27)34-12-32-22;1-2/h2-3,7-8,18,20-21,24,26,28,30-31H,4-6,9-13H2,1H3;2H,1H3/p+1/t18?,20-,21+,24+,26?,27?;/m0./s1. The number of aliphatic hydroxyl groups is 4. The van der Waals surface area contributed by atoms with Gasteiger partial charge in [-0.3, -0.25) is 0 Å². The maximum atomic E-state index is 10.8. The predicted molar refractivity (Wildman–Crippen MR) is 133 cm³/mol. The van der Waals surface area contributed by atoms with Gasteiger partial charge < -0.3 is 53.7 Å². The van der Waals surface area contributed by atoms with Crippen LogP contribution in [0.15, 0.2) is 24.3 Å². The highest BCUT2D eigenvalue weighted by molar-refractivity contribution is 5.54. The van der Waals surface area contributed by atoms with Crippen LogP contribution in [-0.2, 0) is 28.9 Å². The number of nitrogens with zero attached hydrogens (tertiary/aromatic N) is 1. The van der Waals surface area contributed by atoms with Gasteiger partial charge in [0.2, 0.25) is 6.79 Å². The van der Waals surface area contributed by atoms with Crippen LogP contribution >= 0.6 is 0 Å². The van der Waals surface area contributed by atoms with Crippen molar-refractivity contribution in [1.82, 2.24) is 0 Å². The summed E-state index contributed by atoms with van der Waals surface area (Å²) in [4.78, 5) is 0. The van der Waals surface area contributed by atoms with E-state index in [2.05, 4.69) is 13.1 Å². The number of hydrogen-bond donors (Lipinski definition) is 5. The van der Waals surface area contributed by atoms with Gasteiger partial charge >= 0.3 is 0 Å². The Balaban J connectivity index is 0.00000144. The fourth-order valence-electron chi connectivity index (χ4n) is 6.00. The number of benzene rings is 2. The monoisotopic (exact) mass is 534 g/mol. The van der Waals surface area contributed by atoms with Crippen LogP contribution in [0.4, 0.5) is 0 Å². The van der Waals surface area contributed by atoms with E-state index in [0.717, 1.165) is 60.1 Å². The molecule has 0 saturated carbocycles. The van der Waals surface area contributed by atoms with Crippen molar-refractivity contribution in [3.63, 3.8) is 0 Å². The fourth-order valence-corrected chi connectivity index (χ4v) is 6.00. The van der Waals surface area contributed by atoms with Crippen molar-refractivity contribution in [2.75, 3.05) is 40.9 Å². The summed E-state index contributed by atoms with van der Waals surface area (Å²) in [5.41, 5.74) is 4.71. The second-order valence-corrected chi connectivity index (χ2v) is 10.3. The third-order valence-corrected chi connectivity index (χ3v) is 8.06. The predicted octanol–water partition coefficient (Wildman–Crippen LogP) is 0.712. The number of aromatic hydroxyl groups is 1. The molecule has 0 bridgehead atoms. The van der Waals surface area contributed by atoms with Gasteiger partial charge in [0.15, 0.2) is 36.1 Å². The van der Waals surface area contributed by atoms with E-state index in [1.54, 1.807) is 6.07 Å². The summed E-state index contributed by atoms with van der Waals surface area (Å²) in [5.74, 6) is 2.01. The lowest BCUT2D eigenvalue weighted by atomic mass is 9.81. The molecule has 6 atom stereocenters. The van der Waals surface area contributed by atoms with Crippen molar-refractivity contribution >= 4 is 0 Å². The number of fused-ring (bicyclic) bond motifs is 6. The molecule has 11 nitrogen and oxygen atoms in total. The van der Waals surface area contributed by atoms with Gasteiger partial charge in [0.25, 0.3) is 0 Å². The SMILES string of the molecule is CO.C[N+]12CCc3cc(OCOC4O[C@H](CO)[C@@H](O)C[C@H]4O)c(O)cc3C1Cc1ccc3c(c1C2)OCO3. The van der Waals surface area contributed by atoms with Gasteiger partial charge in [0, 0.05) is 31.9 Å². The first kappa shape index (κ1) is 26.9. The first-order valence-electron chi connectivity index (χ1n) is 12.8. The number of phenols is 1. The topological polar surface area (TPSA) is 147 Å². The van der Waals surface area contributed by atoms with Crippen LogP contribution in [0.2, 0.25) is 0 Å². The zero-order valence-electron chi connectivity index (χ0n) is 21.6. The molecule has 2 aromatic rings. The van der Waals surface area contributed by atoms with E-state index in [9.17, 15) is 20.4 Å². The summed E-state index contributed by atoms with van der Waals surface area (Å²) in [7, 11) is 3.26. The Morgan fingerprint density at radius 2 is 1.89 bits per heavy atom. The molecule has 0 aliphatic carbocycles. The third kappa shape index (κ3) is 4.79. The molecular weight excluding hydrogens is 498 g/mol.